The molecule has 0 aliphatic carbocycles. The van der Waals surface area contributed by atoms with Gasteiger partial charge in [-0.2, -0.15) is 0 Å². The largest absolute Gasteiger partial charge is 0.395 e. The molecule has 1 aromatic heterocycles. The highest BCUT2D eigenvalue weighted by atomic mass is 35.5. The molecule has 25 heavy (non-hydrogen) atoms. The summed E-state index contributed by atoms with van der Waals surface area (Å²) in [6.07, 6.45) is 3.41. The SMILES string of the molecule is CCC(C)(C)Nc1cnc(C(Cc2ccccc2)NCCO)c(Cl)n1. The molecule has 0 fully saturated rings. The molecule has 1 aromatic carbocycles. The number of aliphatic hydroxyl groups excluding tert-OH is 1. The minimum Gasteiger partial charge on any atom is -0.395 e. The number of benzene rings is 1. The Morgan fingerprint density at radius 2 is 1.96 bits per heavy atom. The zero-order chi connectivity index (χ0) is 18.3. The molecule has 1 unspecified atom stereocenters. The number of nitrogens with zero attached hydrogens (tertiary/aromatic N) is 2. The summed E-state index contributed by atoms with van der Waals surface area (Å²) < 4.78 is 0. The first kappa shape index (κ1) is 19.6. The molecule has 0 radical (unpaired) electrons. The minimum absolute atomic E-state index is 0.0562. The van der Waals surface area contributed by atoms with Crippen molar-refractivity contribution in [3.8, 4) is 0 Å². The summed E-state index contributed by atoms with van der Waals surface area (Å²) in [6.45, 7) is 6.86. The lowest BCUT2D eigenvalue weighted by Crippen LogP contribution is -2.31. The van der Waals surface area contributed by atoms with E-state index in [1.165, 1.54) is 5.56 Å². The van der Waals surface area contributed by atoms with Crippen LogP contribution in [0.2, 0.25) is 5.15 Å². The Morgan fingerprint density at radius 3 is 2.56 bits per heavy atom. The van der Waals surface area contributed by atoms with E-state index in [9.17, 15) is 0 Å². The molecular weight excluding hydrogens is 336 g/mol. The van der Waals surface area contributed by atoms with E-state index in [4.69, 9.17) is 16.7 Å². The van der Waals surface area contributed by atoms with Crippen LogP contribution in [0.15, 0.2) is 36.5 Å². The van der Waals surface area contributed by atoms with Crippen molar-refractivity contribution >= 4 is 17.4 Å². The van der Waals surface area contributed by atoms with Crippen molar-refractivity contribution in [2.45, 2.75) is 45.2 Å². The molecule has 136 valence electrons. The maximum absolute atomic E-state index is 9.15. The van der Waals surface area contributed by atoms with Gasteiger partial charge in [0.25, 0.3) is 0 Å². The van der Waals surface area contributed by atoms with Crippen molar-refractivity contribution in [2.75, 3.05) is 18.5 Å². The third-order valence-corrected chi connectivity index (χ3v) is 4.50. The van der Waals surface area contributed by atoms with Crippen LogP contribution in [-0.2, 0) is 6.42 Å². The van der Waals surface area contributed by atoms with Gasteiger partial charge in [0.05, 0.1) is 24.5 Å². The van der Waals surface area contributed by atoms with E-state index in [-0.39, 0.29) is 18.2 Å². The number of nitrogens with one attached hydrogen (secondary N) is 2. The van der Waals surface area contributed by atoms with Crippen LogP contribution in [0.4, 0.5) is 5.82 Å². The Morgan fingerprint density at radius 1 is 1.24 bits per heavy atom. The first-order valence-corrected chi connectivity index (χ1v) is 9.01. The van der Waals surface area contributed by atoms with E-state index in [2.05, 4.69) is 53.5 Å². The fourth-order valence-corrected chi connectivity index (χ4v) is 2.73. The maximum Gasteiger partial charge on any atom is 0.154 e. The Labute approximate surface area is 154 Å². The lowest BCUT2D eigenvalue weighted by Gasteiger charge is -2.25. The van der Waals surface area contributed by atoms with Gasteiger partial charge in [0, 0.05) is 12.1 Å². The molecule has 2 aromatic rings. The van der Waals surface area contributed by atoms with Crippen LogP contribution in [0.3, 0.4) is 0 Å². The monoisotopic (exact) mass is 362 g/mol. The van der Waals surface area contributed by atoms with E-state index in [0.29, 0.717) is 23.2 Å². The van der Waals surface area contributed by atoms with E-state index in [1.54, 1.807) is 6.20 Å². The number of aliphatic hydroxyl groups is 1. The van der Waals surface area contributed by atoms with Crippen LogP contribution in [0.5, 0.6) is 0 Å². The summed E-state index contributed by atoms with van der Waals surface area (Å²) in [7, 11) is 0. The lowest BCUT2D eigenvalue weighted by atomic mass is 10.0. The first-order valence-electron chi connectivity index (χ1n) is 8.64. The van der Waals surface area contributed by atoms with Gasteiger partial charge < -0.3 is 15.7 Å². The Bertz CT molecular complexity index is 664. The van der Waals surface area contributed by atoms with E-state index in [0.717, 1.165) is 12.8 Å². The lowest BCUT2D eigenvalue weighted by molar-refractivity contribution is 0.283. The van der Waals surface area contributed by atoms with Crippen LogP contribution in [0, 0.1) is 0 Å². The molecule has 3 N–H and O–H groups in total. The minimum atomic E-state index is -0.109. The Hall–Kier alpha value is -1.69. The van der Waals surface area contributed by atoms with Gasteiger partial charge in [0.15, 0.2) is 5.15 Å². The van der Waals surface area contributed by atoms with E-state index < -0.39 is 0 Å². The number of halogens is 1. The second kappa shape index (κ2) is 9.13. The van der Waals surface area contributed by atoms with Crippen molar-refractivity contribution in [1.82, 2.24) is 15.3 Å². The first-order chi connectivity index (χ1) is 11.9. The molecule has 2 rings (SSSR count). The molecule has 0 bridgehead atoms. The summed E-state index contributed by atoms with van der Waals surface area (Å²) in [5.41, 5.74) is 1.79. The van der Waals surface area contributed by atoms with Gasteiger partial charge in [-0.3, -0.25) is 4.98 Å². The number of anilines is 1. The van der Waals surface area contributed by atoms with Gasteiger partial charge in [-0.05, 0) is 32.3 Å². The third kappa shape index (κ3) is 5.96. The van der Waals surface area contributed by atoms with Crippen molar-refractivity contribution in [3.63, 3.8) is 0 Å². The zero-order valence-electron chi connectivity index (χ0n) is 15.1. The predicted octanol–water partition coefficient (Wildman–Crippen LogP) is 3.60. The second-order valence-electron chi connectivity index (χ2n) is 6.71. The van der Waals surface area contributed by atoms with Crippen LogP contribution in [0.1, 0.15) is 44.5 Å². The zero-order valence-corrected chi connectivity index (χ0v) is 15.8. The average Bonchev–Trinajstić information content (AvgIpc) is 2.59. The Balaban J connectivity index is 2.21. The van der Waals surface area contributed by atoms with Crippen LogP contribution < -0.4 is 10.6 Å². The van der Waals surface area contributed by atoms with Crippen molar-refractivity contribution in [2.24, 2.45) is 0 Å². The standard InChI is InChI=1S/C19H27ClN4O/c1-4-19(2,3)24-16-13-22-17(18(20)23-16)15(21-10-11-25)12-14-8-6-5-7-9-14/h5-9,13,15,21,25H,4,10-12H2,1-3H3,(H,23,24). The fraction of sp³-hybridized carbons (Fsp3) is 0.474. The average molecular weight is 363 g/mol. The molecule has 0 amide bonds. The smallest absolute Gasteiger partial charge is 0.154 e. The summed E-state index contributed by atoms with van der Waals surface area (Å²) in [4.78, 5) is 9.01. The maximum atomic E-state index is 9.15. The van der Waals surface area contributed by atoms with E-state index in [1.807, 2.05) is 18.2 Å². The molecule has 1 heterocycles. The molecular formula is C19H27ClN4O. The molecule has 0 saturated carbocycles. The topological polar surface area (TPSA) is 70.1 Å². The fourth-order valence-electron chi connectivity index (χ4n) is 2.46. The van der Waals surface area contributed by atoms with Gasteiger partial charge in [0.1, 0.15) is 5.82 Å². The highest BCUT2D eigenvalue weighted by Crippen LogP contribution is 2.25. The summed E-state index contributed by atoms with van der Waals surface area (Å²) in [6, 6.07) is 10.0. The van der Waals surface area contributed by atoms with E-state index >= 15 is 0 Å². The molecule has 0 spiro atoms. The molecule has 0 saturated heterocycles. The normalized spacial score (nSPS) is 12.8. The van der Waals surface area contributed by atoms with Gasteiger partial charge in [-0.1, -0.05) is 48.9 Å². The number of aromatic nitrogens is 2. The molecule has 1 atom stereocenters. The van der Waals surface area contributed by atoms with Crippen LogP contribution >= 0.6 is 11.6 Å². The van der Waals surface area contributed by atoms with Crippen molar-refractivity contribution < 1.29 is 5.11 Å². The second-order valence-corrected chi connectivity index (χ2v) is 7.07. The van der Waals surface area contributed by atoms with Crippen LogP contribution in [0.25, 0.3) is 0 Å². The van der Waals surface area contributed by atoms with Gasteiger partial charge in [-0.15, -0.1) is 0 Å². The molecule has 0 aliphatic rings. The molecule has 6 heteroatoms. The molecule has 0 aliphatic heterocycles. The summed E-state index contributed by atoms with van der Waals surface area (Å²) in [5, 5.41) is 16.2. The van der Waals surface area contributed by atoms with Crippen LogP contribution in [-0.4, -0.2) is 33.8 Å². The van der Waals surface area contributed by atoms with Gasteiger partial charge in [0.2, 0.25) is 0 Å². The third-order valence-electron chi connectivity index (χ3n) is 4.22. The van der Waals surface area contributed by atoms with Gasteiger partial charge in [-0.25, -0.2) is 4.98 Å². The summed E-state index contributed by atoms with van der Waals surface area (Å²) in [5.74, 6) is 0.668. The summed E-state index contributed by atoms with van der Waals surface area (Å²) >= 11 is 6.43. The van der Waals surface area contributed by atoms with Crippen molar-refractivity contribution in [1.29, 1.82) is 0 Å². The quantitative estimate of drug-likeness (QED) is 0.635. The highest BCUT2D eigenvalue weighted by molar-refractivity contribution is 6.30. The number of rotatable bonds is 9. The van der Waals surface area contributed by atoms with Crippen molar-refractivity contribution in [3.05, 3.63) is 52.9 Å². The Kier molecular flexibility index (Phi) is 7.17. The predicted molar refractivity (Wildman–Crippen MR) is 103 cm³/mol. The number of hydrogen-bond donors (Lipinski definition) is 3. The highest BCUT2D eigenvalue weighted by Gasteiger charge is 2.20. The molecule has 5 nitrogen and oxygen atoms in total. The van der Waals surface area contributed by atoms with Gasteiger partial charge >= 0.3 is 0 Å². The number of hydrogen-bond acceptors (Lipinski definition) is 5.